The van der Waals surface area contributed by atoms with Crippen LogP contribution in [0.25, 0.3) is 0 Å². The largest absolute Gasteiger partial charge is 0.481 e. The number of hydrogen-bond acceptors (Lipinski definition) is 4. The summed E-state index contributed by atoms with van der Waals surface area (Å²) in [5.41, 5.74) is -0.927. The van der Waals surface area contributed by atoms with Crippen molar-refractivity contribution < 1.29 is 19.4 Å². The molecule has 0 aromatic carbocycles. The third-order valence-corrected chi connectivity index (χ3v) is 4.21. The Labute approximate surface area is 112 Å². The average Bonchev–Trinajstić information content (AvgIpc) is 2.74. The van der Waals surface area contributed by atoms with E-state index >= 15 is 0 Å². The molecule has 1 aliphatic rings. The van der Waals surface area contributed by atoms with Gasteiger partial charge in [-0.3, -0.25) is 9.59 Å². The molecule has 6 heteroatoms. The van der Waals surface area contributed by atoms with Gasteiger partial charge in [0.25, 0.3) is 0 Å². The second kappa shape index (κ2) is 6.43. The predicted molar refractivity (Wildman–Crippen MR) is 70.7 cm³/mol. The molecule has 1 N–H and O–H groups in total. The summed E-state index contributed by atoms with van der Waals surface area (Å²) in [6, 6.07) is 0. The second-order valence-corrected chi connectivity index (χ2v) is 5.80. The van der Waals surface area contributed by atoms with Gasteiger partial charge in [-0.25, -0.2) is 0 Å². The van der Waals surface area contributed by atoms with Crippen molar-refractivity contribution in [1.29, 1.82) is 0 Å². The number of thioether (sulfide) groups is 1. The monoisotopic (exact) mass is 275 g/mol. The zero-order valence-electron chi connectivity index (χ0n) is 11.1. The molecular weight excluding hydrogens is 254 g/mol. The molecule has 104 valence electrons. The van der Waals surface area contributed by atoms with E-state index in [9.17, 15) is 14.7 Å². The van der Waals surface area contributed by atoms with E-state index in [0.29, 0.717) is 13.0 Å². The van der Waals surface area contributed by atoms with Gasteiger partial charge in [0, 0.05) is 31.9 Å². The minimum atomic E-state index is -0.927. The number of methoxy groups -OCH3 is 1. The normalized spacial score (nSPS) is 25.2. The third-order valence-electron chi connectivity index (χ3n) is 3.38. The van der Waals surface area contributed by atoms with E-state index in [1.54, 1.807) is 16.7 Å². The number of carbonyl (C=O) groups excluding carboxylic acids is 1. The molecule has 0 bridgehead atoms. The Kier molecular flexibility index (Phi) is 5.47. The molecule has 1 amide bonds. The first-order valence-electron chi connectivity index (χ1n) is 5.97. The Morgan fingerprint density at radius 1 is 1.56 bits per heavy atom. The van der Waals surface area contributed by atoms with Gasteiger partial charge in [0.05, 0.1) is 6.61 Å². The van der Waals surface area contributed by atoms with E-state index in [1.807, 2.05) is 13.2 Å². The number of rotatable bonds is 6. The van der Waals surface area contributed by atoms with Crippen LogP contribution in [0.4, 0.5) is 0 Å². The number of amides is 1. The second-order valence-electron chi connectivity index (χ2n) is 4.88. The first kappa shape index (κ1) is 15.3. The van der Waals surface area contributed by atoms with Gasteiger partial charge in [0.1, 0.15) is 5.41 Å². The molecule has 0 radical (unpaired) electrons. The Morgan fingerprint density at radius 2 is 2.22 bits per heavy atom. The maximum atomic E-state index is 12.1. The summed E-state index contributed by atoms with van der Waals surface area (Å²) >= 11 is 1.62. The van der Waals surface area contributed by atoms with Gasteiger partial charge in [-0.05, 0) is 12.7 Å². The summed E-state index contributed by atoms with van der Waals surface area (Å²) in [5.74, 6) is -0.132. The Hall–Kier alpha value is -0.750. The lowest BCUT2D eigenvalue weighted by atomic mass is 9.88. The van der Waals surface area contributed by atoms with Crippen molar-refractivity contribution in [3.05, 3.63) is 0 Å². The molecule has 18 heavy (non-hydrogen) atoms. The van der Waals surface area contributed by atoms with Crippen LogP contribution in [0.1, 0.15) is 13.3 Å². The van der Waals surface area contributed by atoms with Gasteiger partial charge in [-0.2, -0.15) is 11.8 Å². The van der Waals surface area contributed by atoms with Gasteiger partial charge in [-0.15, -0.1) is 0 Å². The SMILES string of the molecule is COCC1(C(=O)O)CCN(C(=O)C(C)CSC)C1. The zero-order chi connectivity index (χ0) is 13.8. The topological polar surface area (TPSA) is 66.8 Å². The van der Waals surface area contributed by atoms with Crippen molar-refractivity contribution in [3.63, 3.8) is 0 Å². The zero-order valence-corrected chi connectivity index (χ0v) is 12.0. The summed E-state index contributed by atoms with van der Waals surface area (Å²) in [7, 11) is 1.49. The fourth-order valence-corrected chi connectivity index (χ4v) is 2.97. The molecule has 0 aliphatic carbocycles. The van der Waals surface area contributed by atoms with Gasteiger partial charge in [0.15, 0.2) is 0 Å². The highest BCUT2D eigenvalue weighted by Gasteiger charge is 2.46. The van der Waals surface area contributed by atoms with E-state index in [1.165, 1.54) is 7.11 Å². The van der Waals surface area contributed by atoms with Crippen LogP contribution in [0, 0.1) is 11.3 Å². The van der Waals surface area contributed by atoms with Crippen LogP contribution in [-0.2, 0) is 14.3 Å². The van der Waals surface area contributed by atoms with E-state index in [-0.39, 0.29) is 25.0 Å². The molecule has 0 spiro atoms. The Morgan fingerprint density at radius 3 is 2.72 bits per heavy atom. The van der Waals surface area contributed by atoms with Gasteiger partial charge in [-0.1, -0.05) is 6.92 Å². The molecule has 1 fully saturated rings. The lowest BCUT2D eigenvalue weighted by molar-refractivity contribution is -0.151. The van der Waals surface area contributed by atoms with Crippen LogP contribution < -0.4 is 0 Å². The Balaban J connectivity index is 2.69. The highest BCUT2D eigenvalue weighted by Crippen LogP contribution is 2.32. The number of hydrogen-bond donors (Lipinski definition) is 1. The molecule has 1 rings (SSSR count). The van der Waals surface area contributed by atoms with Gasteiger partial charge < -0.3 is 14.7 Å². The number of ether oxygens (including phenoxy) is 1. The molecule has 1 saturated heterocycles. The highest BCUT2D eigenvalue weighted by molar-refractivity contribution is 7.98. The fourth-order valence-electron chi connectivity index (χ4n) is 2.32. The van der Waals surface area contributed by atoms with Crippen LogP contribution >= 0.6 is 11.8 Å². The molecule has 1 heterocycles. The molecular formula is C12H21NO4S. The van der Waals surface area contributed by atoms with Crippen LogP contribution in [0.15, 0.2) is 0 Å². The number of likely N-dealkylation sites (tertiary alicyclic amines) is 1. The minimum absolute atomic E-state index is 0.0450. The molecule has 5 nitrogen and oxygen atoms in total. The number of nitrogens with zero attached hydrogens (tertiary/aromatic N) is 1. The summed E-state index contributed by atoms with van der Waals surface area (Å²) in [4.78, 5) is 25.1. The van der Waals surface area contributed by atoms with E-state index in [0.717, 1.165) is 5.75 Å². The summed E-state index contributed by atoms with van der Waals surface area (Å²) in [5, 5.41) is 9.31. The lowest BCUT2D eigenvalue weighted by Gasteiger charge is -2.25. The fraction of sp³-hybridized carbons (Fsp3) is 0.833. The standard InChI is InChI=1S/C12H21NO4S/c1-9(6-18-3)10(14)13-5-4-12(7-13,8-17-2)11(15)16/h9H,4-8H2,1-3H3,(H,15,16). The first-order chi connectivity index (χ1) is 8.46. The van der Waals surface area contributed by atoms with Gasteiger partial charge >= 0.3 is 5.97 Å². The smallest absolute Gasteiger partial charge is 0.313 e. The number of carboxylic acids is 1. The van der Waals surface area contributed by atoms with Crippen molar-refractivity contribution in [3.8, 4) is 0 Å². The van der Waals surface area contributed by atoms with Crippen molar-refractivity contribution >= 4 is 23.6 Å². The van der Waals surface area contributed by atoms with Crippen molar-refractivity contribution in [2.24, 2.45) is 11.3 Å². The number of carbonyl (C=O) groups is 2. The molecule has 0 aromatic rings. The predicted octanol–water partition coefficient (Wildman–Crippen LogP) is 0.935. The van der Waals surface area contributed by atoms with Crippen molar-refractivity contribution in [1.82, 2.24) is 4.90 Å². The van der Waals surface area contributed by atoms with Crippen LogP contribution in [0.3, 0.4) is 0 Å². The molecule has 0 aromatic heterocycles. The highest BCUT2D eigenvalue weighted by atomic mass is 32.2. The lowest BCUT2D eigenvalue weighted by Crippen LogP contribution is -2.41. The summed E-state index contributed by atoms with van der Waals surface area (Å²) in [6.45, 7) is 2.81. The summed E-state index contributed by atoms with van der Waals surface area (Å²) in [6.07, 6.45) is 2.42. The van der Waals surface area contributed by atoms with Crippen molar-refractivity contribution in [2.45, 2.75) is 13.3 Å². The van der Waals surface area contributed by atoms with Crippen LogP contribution in [0.5, 0.6) is 0 Å². The number of carboxylic acid groups (broad SMARTS) is 1. The van der Waals surface area contributed by atoms with E-state index < -0.39 is 11.4 Å². The minimum Gasteiger partial charge on any atom is -0.481 e. The molecule has 2 unspecified atom stereocenters. The maximum absolute atomic E-state index is 12.1. The first-order valence-corrected chi connectivity index (χ1v) is 7.36. The number of aliphatic carboxylic acids is 1. The summed E-state index contributed by atoms with van der Waals surface area (Å²) < 4.78 is 5.00. The molecule has 0 saturated carbocycles. The third kappa shape index (κ3) is 3.17. The average molecular weight is 275 g/mol. The van der Waals surface area contributed by atoms with E-state index in [4.69, 9.17) is 4.74 Å². The van der Waals surface area contributed by atoms with Crippen LogP contribution in [0.2, 0.25) is 0 Å². The molecule has 2 atom stereocenters. The van der Waals surface area contributed by atoms with Crippen molar-refractivity contribution in [2.75, 3.05) is 38.8 Å². The quantitative estimate of drug-likeness (QED) is 0.781. The van der Waals surface area contributed by atoms with E-state index in [2.05, 4.69) is 0 Å². The Bertz CT molecular complexity index is 323. The molecule has 1 aliphatic heterocycles. The maximum Gasteiger partial charge on any atom is 0.313 e. The van der Waals surface area contributed by atoms with Gasteiger partial charge in [0.2, 0.25) is 5.91 Å². The van der Waals surface area contributed by atoms with Crippen LogP contribution in [-0.4, -0.2) is 60.7 Å².